The molecule has 1 amide bonds. The Bertz CT molecular complexity index is 1560. The molecule has 1 aliphatic heterocycles. The number of carboxylic acid groups (broad SMARTS) is 1. The summed E-state index contributed by atoms with van der Waals surface area (Å²) in [7, 11) is 0. The summed E-state index contributed by atoms with van der Waals surface area (Å²) >= 11 is 0. The molecular weight excluding hydrogens is 486 g/mol. The van der Waals surface area contributed by atoms with Gasteiger partial charge in [0, 0.05) is 10.9 Å². The van der Waals surface area contributed by atoms with Gasteiger partial charge in [-0.3, -0.25) is 14.3 Å². The van der Waals surface area contributed by atoms with Crippen LogP contribution in [0.25, 0.3) is 22.2 Å². The molecule has 37 heavy (non-hydrogen) atoms. The largest absolute Gasteiger partial charge is 0.586 e. The molecule has 5 rings (SSSR count). The summed E-state index contributed by atoms with van der Waals surface area (Å²) in [5.41, 5.74) is 2.30. The number of carbonyl (C=O) groups is 2. The second-order valence-corrected chi connectivity index (χ2v) is 9.24. The van der Waals surface area contributed by atoms with Crippen LogP contribution in [-0.4, -0.2) is 38.0 Å². The van der Waals surface area contributed by atoms with Gasteiger partial charge in [-0.1, -0.05) is 18.2 Å². The van der Waals surface area contributed by atoms with Gasteiger partial charge in [0.2, 0.25) is 5.91 Å². The van der Waals surface area contributed by atoms with Crippen molar-refractivity contribution in [1.29, 1.82) is 0 Å². The molecule has 4 aromatic rings. The number of halogens is 2. The molecule has 0 radical (unpaired) electrons. The summed E-state index contributed by atoms with van der Waals surface area (Å²) < 4.78 is 37.2. The van der Waals surface area contributed by atoms with Crippen molar-refractivity contribution < 1.29 is 33.0 Å². The number of aryl methyl sites for hydroxylation is 1. The number of fused-ring (bicyclic) bond motifs is 2. The number of pyridine rings is 1. The minimum Gasteiger partial charge on any atom is -0.480 e. The van der Waals surface area contributed by atoms with Crippen molar-refractivity contribution in [2.75, 3.05) is 5.32 Å². The van der Waals surface area contributed by atoms with Crippen LogP contribution in [0.15, 0.2) is 54.7 Å². The molecule has 9 nitrogen and oxygen atoms in total. The topological polar surface area (TPSA) is 116 Å². The van der Waals surface area contributed by atoms with Crippen LogP contribution in [0.5, 0.6) is 11.5 Å². The zero-order valence-corrected chi connectivity index (χ0v) is 20.1. The lowest BCUT2D eigenvalue weighted by atomic mass is 9.83. The third kappa shape index (κ3) is 4.55. The molecule has 0 fully saturated rings. The summed E-state index contributed by atoms with van der Waals surface area (Å²) in [4.78, 5) is 28.9. The van der Waals surface area contributed by atoms with Crippen molar-refractivity contribution in [1.82, 2.24) is 14.8 Å². The number of hydrogen-bond donors (Lipinski definition) is 2. The molecule has 3 heterocycles. The SMILES string of the molecule is Cc1ccc(NC(=O)C(C)(C)c2ccc3c(c2)OC(F)(F)O3)nc1-c1ccc2c(cnn2CC(=O)O)c1. The van der Waals surface area contributed by atoms with Crippen LogP contribution in [0, 0.1) is 6.92 Å². The van der Waals surface area contributed by atoms with E-state index in [2.05, 4.69) is 24.9 Å². The summed E-state index contributed by atoms with van der Waals surface area (Å²) in [6, 6.07) is 13.2. The summed E-state index contributed by atoms with van der Waals surface area (Å²) in [6.07, 6.45) is -2.15. The lowest BCUT2D eigenvalue weighted by Crippen LogP contribution is -2.35. The Balaban J connectivity index is 1.40. The fraction of sp³-hybridized carbons (Fsp3) is 0.231. The molecule has 0 atom stereocenters. The van der Waals surface area contributed by atoms with Gasteiger partial charge in [-0.2, -0.15) is 5.10 Å². The van der Waals surface area contributed by atoms with Crippen molar-refractivity contribution in [3.8, 4) is 22.8 Å². The number of aromatic nitrogens is 3. The highest BCUT2D eigenvalue weighted by atomic mass is 19.3. The number of ether oxygens (including phenoxy) is 2. The number of anilines is 1. The molecule has 0 aliphatic carbocycles. The van der Waals surface area contributed by atoms with Gasteiger partial charge in [0.25, 0.3) is 0 Å². The van der Waals surface area contributed by atoms with E-state index < -0.39 is 23.6 Å². The van der Waals surface area contributed by atoms with Gasteiger partial charge in [-0.15, -0.1) is 8.78 Å². The summed E-state index contributed by atoms with van der Waals surface area (Å²) in [6.45, 7) is 4.97. The second-order valence-electron chi connectivity index (χ2n) is 9.24. The zero-order chi connectivity index (χ0) is 26.5. The minimum absolute atomic E-state index is 0.0970. The molecule has 190 valence electrons. The van der Waals surface area contributed by atoms with E-state index in [1.165, 1.54) is 22.9 Å². The fourth-order valence-electron chi connectivity index (χ4n) is 4.12. The van der Waals surface area contributed by atoms with Crippen LogP contribution in [0.4, 0.5) is 14.6 Å². The van der Waals surface area contributed by atoms with Crippen LogP contribution in [0.1, 0.15) is 25.0 Å². The summed E-state index contributed by atoms with van der Waals surface area (Å²) in [5, 5.41) is 16.8. The number of aliphatic carboxylic acids is 1. The molecule has 0 spiro atoms. The molecule has 0 unspecified atom stereocenters. The maximum Gasteiger partial charge on any atom is 0.586 e. The van der Waals surface area contributed by atoms with E-state index in [1.807, 2.05) is 25.1 Å². The highest BCUT2D eigenvalue weighted by Gasteiger charge is 2.44. The highest BCUT2D eigenvalue weighted by Crippen LogP contribution is 2.43. The molecule has 0 saturated carbocycles. The molecule has 11 heteroatoms. The van der Waals surface area contributed by atoms with Crippen molar-refractivity contribution in [3.63, 3.8) is 0 Å². The van der Waals surface area contributed by atoms with E-state index >= 15 is 0 Å². The Kier molecular flexibility index (Phi) is 5.58. The Labute approximate surface area is 209 Å². The zero-order valence-electron chi connectivity index (χ0n) is 20.1. The smallest absolute Gasteiger partial charge is 0.480 e. The first-order chi connectivity index (χ1) is 17.4. The number of carboxylic acids is 1. The third-order valence-electron chi connectivity index (χ3n) is 6.23. The molecule has 1 aliphatic rings. The van der Waals surface area contributed by atoms with Crippen molar-refractivity contribution in [2.45, 2.75) is 39.0 Å². The van der Waals surface area contributed by atoms with Gasteiger partial charge >= 0.3 is 12.3 Å². The van der Waals surface area contributed by atoms with Gasteiger partial charge in [0.05, 0.1) is 22.8 Å². The maximum absolute atomic E-state index is 13.4. The lowest BCUT2D eigenvalue weighted by Gasteiger charge is -2.24. The monoisotopic (exact) mass is 508 g/mol. The van der Waals surface area contributed by atoms with Crippen molar-refractivity contribution in [2.24, 2.45) is 0 Å². The van der Waals surface area contributed by atoms with Crippen molar-refractivity contribution >= 4 is 28.6 Å². The van der Waals surface area contributed by atoms with Gasteiger partial charge in [0.1, 0.15) is 12.4 Å². The van der Waals surface area contributed by atoms with E-state index in [-0.39, 0.29) is 18.0 Å². The molecule has 0 bridgehead atoms. The third-order valence-corrected chi connectivity index (χ3v) is 6.23. The standard InChI is InChI=1S/C26H22F2N4O5/c1-14-4-9-21(30-23(14)15-5-7-18-16(10-15)12-29-32(18)13-22(33)34)31-24(35)25(2,3)17-6-8-19-20(11-17)37-26(27,28)36-19/h4-12H,13H2,1-3H3,(H,33,34)(H,30,31,35). The first kappa shape index (κ1) is 24.2. The average Bonchev–Trinajstić information content (AvgIpc) is 3.37. The van der Waals surface area contributed by atoms with Crippen LogP contribution in [0.2, 0.25) is 0 Å². The van der Waals surface area contributed by atoms with Gasteiger partial charge in [0.15, 0.2) is 11.5 Å². The van der Waals surface area contributed by atoms with Crippen LogP contribution >= 0.6 is 0 Å². The Morgan fingerprint density at radius 1 is 1.08 bits per heavy atom. The summed E-state index contributed by atoms with van der Waals surface area (Å²) in [5.74, 6) is -1.31. The number of amides is 1. The van der Waals surface area contributed by atoms with Crippen LogP contribution in [-0.2, 0) is 21.5 Å². The first-order valence-electron chi connectivity index (χ1n) is 11.3. The number of alkyl halides is 2. The van der Waals surface area contributed by atoms with E-state index in [9.17, 15) is 18.4 Å². The van der Waals surface area contributed by atoms with E-state index in [0.717, 1.165) is 16.5 Å². The fourth-order valence-corrected chi connectivity index (χ4v) is 4.12. The molecule has 2 aromatic heterocycles. The predicted molar refractivity (Wildman–Crippen MR) is 130 cm³/mol. The molecule has 2 aromatic carbocycles. The maximum atomic E-state index is 13.4. The molecular formula is C26H22F2N4O5. The number of rotatable bonds is 6. The predicted octanol–water partition coefficient (Wildman–Crippen LogP) is 4.73. The second kappa shape index (κ2) is 8.54. The molecule has 0 saturated heterocycles. The number of carbonyl (C=O) groups excluding carboxylic acids is 1. The molecule has 2 N–H and O–H groups in total. The number of benzene rings is 2. The van der Waals surface area contributed by atoms with E-state index in [1.54, 1.807) is 32.2 Å². The highest BCUT2D eigenvalue weighted by molar-refractivity contribution is 5.98. The Hall–Kier alpha value is -4.54. The lowest BCUT2D eigenvalue weighted by molar-refractivity contribution is -0.286. The number of hydrogen-bond acceptors (Lipinski definition) is 6. The quantitative estimate of drug-likeness (QED) is 0.387. The Morgan fingerprint density at radius 3 is 2.59 bits per heavy atom. The van der Waals surface area contributed by atoms with Crippen LogP contribution in [0.3, 0.4) is 0 Å². The van der Waals surface area contributed by atoms with Gasteiger partial charge in [-0.25, -0.2) is 4.98 Å². The number of nitrogens with one attached hydrogen (secondary N) is 1. The number of nitrogens with zero attached hydrogens (tertiary/aromatic N) is 3. The average molecular weight is 508 g/mol. The van der Waals surface area contributed by atoms with Crippen LogP contribution < -0.4 is 14.8 Å². The van der Waals surface area contributed by atoms with Gasteiger partial charge in [-0.05, 0) is 62.2 Å². The normalized spacial score (nSPS) is 14.1. The Morgan fingerprint density at radius 2 is 1.84 bits per heavy atom. The van der Waals surface area contributed by atoms with E-state index in [4.69, 9.17) is 5.11 Å². The minimum atomic E-state index is -3.74. The van der Waals surface area contributed by atoms with Crippen molar-refractivity contribution in [3.05, 3.63) is 65.9 Å². The first-order valence-corrected chi connectivity index (χ1v) is 11.3. The van der Waals surface area contributed by atoms with E-state index in [0.29, 0.717) is 22.6 Å². The van der Waals surface area contributed by atoms with Gasteiger partial charge < -0.3 is 19.9 Å².